The molecule has 0 aliphatic heterocycles. The molecule has 1 aromatic rings. The van der Waals surface area contributed by atoms with Crippen molar-refractivity contribution < 1.29 is 10.0 Å². The minimum atomic E-state index is -0.386. The topological polar surface area (TPSA) is 75.4 Å². The van der Waals surface area contributed by atoms with Crippen LogP contribution in [0.1, 0.15) is 44.2 Å². The fraction of sp³-hybridized carbons (Fsp3) is 0.571. The molecule has 0 bridgehead atoms. The standard InChI is InChI=1S/C14H22N2O3/c1-12(15-10-4-2-3-5-11-17)13-6-8-14(9-7-13)16(18)19/h6-9,12,15,17H,2-5,10-11H2,1H3. The van der Waals surface area contributed by atoms with Gasteiger partial charge in [-0.05, 0) is 31.9 Å². The van der Waals surface area contributed by atoms with Crippen LogP contribution in [0.2, 0.25) is 0 Å². The SMILES string of the molecule is CC(NCCCCCCO)c1ccc([N+](=O)[O-])cc1. The number of nitro benzene ring substituents is 1. The quantitative estimate of drug-likeness (QED) is 0.409. The molecule has 1 rings (SSSR count). The summed E-state index contributed by atoms with van der Waals surface area (Å²) >= 11 is 0. The highest BCUT2D eigenvalue weighted by atomic mass is 16.6. The molecule has 106 valence electrons. The zero-order chi connectivity index (χ0) is 14.1. The van der Waals surface area contributed by atoms with Gasteiger partial charge in [0.25, 0.3) is 5.69 Å². The van der Waals surface area contributed by atoms with Crippen molar-refractivity contribution in [3.05, 3.63) is 39.9 Å². The molecule has 0 saturated carbocycles. The van der Waals surface area contributed by atoms with E-state index >= 15 is 0 Å². The lowest BCUT2D eigenvalue weighted by molar-refractivity contribution is -0.384. The Hall–Kier alpha value is -1.46. The third-order valence-corrected chi connectivity index (χ3v) is 3.14. The molecule has 0 heterocycles. The van der Waals surface area contributed by atoms with Crippen LogP contribution in [-0.2, 0) is 0 Å². The molecular formula is C14H22N2O3. The Morgan fingerprint density at radius 2 is 1.84 bits per heavy atom. The zero-order valence-electron chi connectivity index (χ0n) is 11.3. The molecule has 1 atom stereocenters. The predicted octanol–water partition coefficient (Wildman–Crippen LogP) is 2.80. The highest BCUT2D eigenvalue weighted by Gasteiger charge is 2.08. The number of aliphatic hydroxyl groups excluding tert-OH is 1. The number of benzene rings is 1. The van der Waals surface area contributed by atoms with E-state index < -0.39 is 0 Å². The fourth-order valence-corrected chi connectivity index (χ4v) is 1.91. The van der Waals surface area contributed by atoms with Crippen molar-refractivity contribution in [1.29, 1.82) is 0 Å². The van der Waals surface area contributed by atoms with E-state index in [2.05, 4.69) is 12.2 Å². The summed E-state index contributed by atoms with van der Waals surface area (Å²) in [6.07, 6.45) is 4.12. The van der Waals surface area contributed by atoms with Crippen molar-refractivity contribution in [1.82, 2.24) is 5.32 Å². The summed E-state index contributed by atoms with van der Waals surface area (Å²) in [4.78, 5) is 10.2. The second-order valence-corrected chi connectivity index (χ2v) is 4.66. The summed E-state index contributed by atoms with van der Waals surface area (Å²) in [6, 6.07) is 6.85. The maximum absolute atomic E-state index is 10.6. The molecule has 5 nitrogen and oxygen atoms in total. The summed E-state index contributed by atoms with van der Waals surface area (Å²) in [5, 5.41) is 22.6. The Bertz CT molecular complexity index is 379. The molecule has 5 heteroatoms. The van der Waals surface area contributed by atoms with Gasteiger partial charge in [-0.15, -0.1) is 0 Å². The van der Waals surface area contributed by atoms with E-state index in [0.717, 1.165) is 37.8 Å². The van der Waals surface area contributed by atoms with Gasteiger partial charge in [0, 0.05) is 24.8 Å². The molecule has 0 amide bonds. The van der Waals surface area contributed by atoms with Crippen molar-refractivity contribution in [3.8, 4) is 0 Å². The van der Waals surface area contributed by atoms with Crippen LogP contribution in [0.15, 0.2) is 24.3 Å². The number of rotatable bonds is 9. The number of nitrogens with one attached hydrogen (secondary N) is 1. The molecule has 19 heavy (non-hydrogen) atoms. The Morgan fingerprint density at radius 1 is 1.21 bits per heavy atom. The Labute approximate surface area is 113 Å². The van der Waals surface area contributed by atoms with Crippen LogP contribution >= 0.6 is 0 Å². The molecule has 0 saturated heterocycles. The van der Waals surface area contributed by atoms with Crippen molar-refractivity contribution >= 4 is 5.69 Å². The first-order chi connectivity index (χ1) is 9.15. The molecule has 2 N–H and O–H groups in total. The molecule has 0 aromatic heterocycles. The highest BCUT2D eigenvalue weighted by Crippen LogP contribution is 2.17. The molecule has 1 aromatic carbocycles. The van der Waals surface area contributed by atoms with Gasteiger partial charge in [0.2, 0.25) is 0 Å². The Morgan fingerprint density at radius 3 is 2.42 bits per heavy atom. The Kier molecular flexibility index (Phi) is 7.07. The first-order valence-electron chi connectivity index (χ1n) is 6.73. The van der Waals surface area contributed by atoms with Crippen molar-refractivity contribution in [2.24, 2.45) is 0 Å². The van der Waals surface area contributed by atoms with Crippen molar-refractivity contribution in [2.75, 3.05) is 13.2 Å². The molecular weight excluding hydrogens is 244 g/mol. The number of aliphatic hydroxyl groups is 1. The number of nitro groups is 1. The number of hydrogen-bond acceptors (Lipinski definition) is 4. The molecule has 0 aliphatic carbocycles. The summed E-state index contributed by atoms with van der Waals surface area (Å²) in [7, 11) is 0. The zero-order valence-corrected chi connectivity index (χ0v) is 11.3. The minimum absolute atomic E-state index is 0.125. The van der Waals surface area contributed by atoms with Crippen LogP contribution in [0.4, 0.5) is 5.69 Å². The van der Waals surface area contributed by atoms with Crippen molar-refractivity contribution in [3.63, 3.8) is 0 Å². The third kappa shape index (κ3) is 5.81. The van der Waals surface area contributed by atoms with Crippen molar-refractivity contribution in [2.45, 2.75) is 38.6 Å². The van der Waals surface area contributed by atoms with Crippen LogP contribution in [0, 0.1) is 10.1 Å². The van der Waals surface area contributed by atoms with Gasteiger partial charge in [0.1, 0.15) is 0 Å². The minimum Gasteiger partial charge on any atom is -0.396 e. The van der Waals surface area contributed by atoms with E-state index in [-0.39, 0.29) is 23.3 Å². The lowest BCUT2D eigenvalue weighted by Crippen LogP contribution is -2.19. The first-order valence-corrected chi connectivity index (χ1v) is 6.73. The molecule has 0 fully saturated rings. The van der Waals surface area contributed by atoms with Gasteiger partial charge in [0.15, 0.2) is 0 Å². The average molecular weight is 266 g/mol. The second kappa shape index (κ2) is 8.61. The van der Waals surface area contributed by atoms with Crippen LogP contribution in [0.3, 0.4) is 0 Å². The number of nitrogens with zero attached hydrogens (tertiary/aromatic N) is 1. The van der Waals surface area contributed by atoms with E-state index in [4.69, 9.17) is 5.11 Å². The van der Waals surface area contributed by atoms with Gasteiger partial charge < -0.3 is 10.4 Å². The molecule has 0 radical (unpaired) electrons. The van der Waals surface area contributed by atoms with Gasteiger partial charge in [-0.1, -0.05) is 25.0 Å². The number of hydrogen-bond donors (Lipinski definition) is 2. The number of unbranched alkanes of at least 4 members (excludes halogenated alkanes) is 3. The summed E-state index contributed by atoms with van der Waals surface area (Å²) in [5.41, 5.74) is 1.18. The largest absolute Gasteiger partial charge is 0.396 e. The smallest absolute Gasteiger partial charge is 0.269 e. The second-order valence-electron chi connectivity index (χ2n) is 4.66. The summed E-state index contributed by atoms with van der Waals surface area (Å²) in [5.74, 6) is 0. The molecule has 0 aliphatic rings. The molecule has 0 spiro atoms. The van der Waals surface area contributed by atoms with Gasteiger partial charge in [-0.25, -0.2) is 0 Å². The van der Waals surface area contributed by atoms with E-state index in [9.17, 15) is 10.1 Å². The maximum atomic E-state index is 10.6. The van der Waals surface area contributed by atoms with Crippen LogP contribution < -0.4 is 5.32 Å². The van der Waals surface area contributed by atoms with Crippen LogP contribution in [0.25, 0.3) is 0 Å². The molecule has 1 unspecified atom stereocenters. The summed E-state index contributed by atoms with van der Waals surface area (Å²) in [6.45, 7) is 3.24. The average Bonchev–Trinajstić information content (AvgIpc) is 2.42. The van der Waals surface area contributed by atoms with Crippen LogP contribution in [-0.4, -0.2) is 23.2 Å². The predicted molar refractivity (Wildman–Crippen MR) is 75.1 cm³/mol. The van der Waals surface area contributed by atoms with Crippen LogP contribution in [0.5, 0.6) is 0 Å². The van der Waals surface area contributed by atoms with Gasteiger partial charge >= 0.3 is 0 Å². The number of non-ortho nitro benzene ring substituents is 1. The lowest BCUT2D eigenvalue weighted by atomic mass is 10.1. The van der Waals surface area contributed by atoms with Gasteiger partial charge in [-0.3, -0.25) is 10.1 Å². The van der Waals surface area contributed by atoms with E-state index in [0.29, 0.717) is 0 Å². The van der Waals surface area contributed by atoms with E-state index in [1.807, 2.05) is 0 Å². The normalized spacial score (nSPS) is 12.3. The Balaban J connectivity index is 2.29. The lowest BCUT2D eigenvalue weighted by Gasteiger charge is -2.13. The van der Waals surface area contributed by atoms with E-state index in [1.165, 1.54) is 12.1 Å². The van der Waals surface area contributed by atoms with E-state index in [1.54, 1.807) is 12.1 Å². The monoisotopic (exact) mass is 266 g/mol. The summed E-state index contributed by atoms with van der Waals surface area (Å²) < 4.78 is 0. The van der Waals surface area contributed by atoms with Gasteiger partial charge in [0.05, 0.1) is 4.92 Å². The first kappa shape index (κ1) is 15.6. The fourth-order valence-electron chi connectivity index (χ4n) is 1.91. The highest BCUT2D eigenvalue weighted by molar-refractivity contribution is 5.33. The van der Waals surface area contributed by atoms with Gasteiger partial charge in [-0.2, -0.15) is 0 Å². The third-order valence-electron chi connectivity index (χ3n) is 3.14. The maximum Gasteiger partial charge on any atom is 0.269 e.